The lowest BCUT2D eigenvalue weighted by Crippen LogP contribution is -2.41. The average molecular weight is 249 g/mol. The summed E-state index contributed by atoms with van der Waals surface area (Å²) in [6, 6.07) is 0. The first-order valence-electron chi connectivity index (χ1n) is 5.71. The van der Waals surface area contributed by atoms with Crippen LogP contribution >= 0.6 is 0 Å². The molecule has 1 aliphatic heterocycles. The van der Waals surface area contributed by atoms with Gasteiger partial charge in [-0.25, -0.2) is 12.7 Å². The van der Waals surface area contributed by atoms with Gasteiger partial charge in [-0.3, -0.25) is 0 Å². The fourth-order valence-corrected chi connectivity index (χ4v) is 3.35. The van der Waals surface area contributed by atoms with Gasteiger partial charge in [-0.2, -0.15) is 0 Å². The number of rotatable bonds is 5. The second-order valence-corrected chi connectivity index (χ2v) is 7.25. The van der Waals surface area contributed by atoms with E-state index in [9.17, 15) is 8.42 Å². The highest BCUT2D eigenvalue weighted by Crippen LogP contribution is 2.17. The van der Waals surface area contributed by atoms with Crippen molar-refractivity contribution in [2.75, 3.05) is 40.3 Å². The standard InChI is InChI=1S/C10H23N3O2S/c1-9(6-11)16(14,15)13(3)8-10-4-5-12(2)7-10/h9-10H,4-8,11H2,1-3H3. The van der Waals surface area contributed by atoms with Crippen molar-refractivity contribution in [3.63, 3.8) is 0 Å². The van der Waals surface area contributed by atoms with E-state index in [0.717, 1.165) is 19.5 Å². The molecule has 0 aromatic heterocycles. The van der Waals surface area contributed by atoms with Crippen LogP contribution in [0.3, 0.4) is 0 Å². The molecule has 1 aliphatic rings. The quantitative estimate of drug-likeness (QED) is 0.716. The first kappa shape index (κ1) is 13.9. The van der Waals surface area contributed by atoms with Crippen molar-refractivity contribution in [2.45, 2.75) is 18.6 Å². The molecule has 0 aromatic rings. The van der Waals surface area contributed by atoms with Crippen molar-refractivity contribution < 1.29 is 8.42 Å². The molecule has 1 fully saturated rings. The van der Waals surface area contributed by atoms with Crippen LogP contribution in [0.1, 0.15) is 13.3 Å². The van der Waals surface area contributed by atoms with E-state index in [1.807, 2.05) is 0 Å². The zero-order valence-electron chi connectivity index (χ0n) is 10.4. The number of nitrogens with zero attached hydrogens (tertiary/aromatic N) is 2. The van der Waals surface area contributed by atoms with Crippen LogP contribution in [-0.4, -0.2) is 63.1 Å². The molecule has 0 spiro atoms. The highest BCUT2D eigenvalue weighted by molar-refractivity contribution is 7.89. The van der Waals surface area contributed by atoms with Gasteiger partial charge in [0.1, 0.15) is 0 Å². The first-order valence-corrected chi connectivity index (χ1v) is 7.22. The predicted molar refractivity (Wildman–Crippen MR) is 65.7 cm³/mol. The Balaban J connectivity index is 2.55. The summed E-state index contributed by atoms with van der Waals surface area (Å²) in [5, 5.41) is -0.489. The molecule has 6 heteroatoms. The lowest BCUT2D eigenvalue weighted by molar-refractivity contribution is 0.355. The number of sulfonamides is 1. The minimum atomic E-state index is -3.20. The Morgan fingerprint density at radius 2 is 2.19 bits per heavy atom. The zero-order chi connectivity index (χ0) is 12.3. The van der Waals surface area contributed by atoms with Gasteiger partial charge in [0.05, 0.1) is 5.25 Å². The van der Waals surface area contributed by atoms with Crippen molar-refractivity contribution in [2.24, 2.45) is 11.7 Å². The normalized spacial score (nSPS) is 25.2. The number of hydrogen-bond acceptors (Lipinski definition) is 4. The number of likely N-dealkylation sites (tertiary alicyclic amines) is 1. The Morgan fingerprint density at radius 1 is 1.56 bits per heavy atom. The van der Waals surface area contributed by atoms with Crippen LogP contribution in [-0.2, 0) is 10.0 Å². The Hall–Kier alpha value is -0.170. The minimum absolute atomic E-state index is 0.178. The highest BCUT2D eigenvalue weighted by atomic mass is 32.2. The molecule has 2 N–H and O–H groups in total. The summed E-state index contributed by atoms with van der Waals surface area (Å²) >= 11 is 0. The molecule has 1 heterocycles. The van der Waals surface area contributed by atoms with Gasteiger partial charge in [0.25, 0.3) is 0 Å². The maximum atomic E-state index is 12.0. The summed E-state index contributed by atoms with van der Waals surface area (Å²) < 4.78 is 25.4. The van der Waals surface area contributed by atoms with Crippen LogP contribution < -0.4 is 5.73 Å². The van der Waals surface area contributed by atoms with Gasteiger partial charge in [-0.15, -0.1) is 0 Å². The largest absolute Gasteiger partial charge is 0.329 e. The molecular formula is C10H23N3O2S. The van der Waals surface area contributed by atoms with E-state index in [1.165, 1.54) is 4.31 Å². The average Bonchev–Trinajstić information content (AvgIpc) is 2.62. The van der Waals surface area contributed by atoms with Crippen molar-refractivity contribution in [1.82, 2.24) is 9.21 Å². The van der Waals surface area contributed by atoms with Gasteiger partial charge in [0.15, 0.2) is 0 Å². The molecule has 5 nitrogen and oxygen atoms in total. The fraction of sp³-hybridized carbons (Fsp3) is 1.00. The Kier molecular flexibility index (Phi) is 4.73. The summed E-state index contributed by atoms with van der Waals surface area (Å²) in [7, 11) is 0.515. The number of hydrogen-bond donors (Lipinski definition) is 1. The molecule has 0 aromatic carbocycles. The summed E-state index contributed by atoms with van der Waals surface area (Å²) in [4.78, 5) is 2.23. The highest BCUT2D eigenvalue weighted by Gasteiger charge is 2.29. The van der Waals surface area contributed by atoms with Crippen molar-refractivity contribution in [3.05, 3.63) is 0 Å². The second kappa shape index (κ2) is 5.44. The maximum Gasteiger partial charge on any atom is 0.217 e. The molecule has 1 saturated heterocycles. The predicted octanol–water partition coefficient (Wildman–Crippen LogP) is -0.453. The molecule has 0 aliphatic carbocycles. The van der Waals surface area contributed by atoms with Crippen molar-refractivity contribution in [1.29, 1.82) is 0 Å². The molecule has 2 atom stereocenters. The third kappa shape index (κ3) is 3.16. The van der Waals surface area contributed by atoms with E-state index in [2.05, 4.69) is 11.9 Å². The molecule has 0 saturated carbocycles. The Labute approximate surface area is 98.6 Å². The Morgan fingerprint density at radius 3 is 2.62 bits per heavy atom. The zero-order valence-corrected chi connectivity index (χ0v) is 11.2. The van der Waals surface area contributed by atoms with Crippen LogP contribution in [0.15, 0.2) is 0 Å². The molecular weight excluding hydrogens is 226 g/mol. The van der Waals surface area contributed by atoms with Gasteiger partial charge < -0.3 is 10.6 Å². The van der Waals surface area contributed by atoms with Crippen LogP contribution in [0.2, 0.25) is 0 Å². The monoisotopic (exact) mass is 249 g/mol. The SMILES string of the molecule is CC(CN)S(=O)(=O)N(C)CC1CCN(C)C1. The summed E-state index contributed by atoms with van der Waals surface area (Å²) in [6.45, 7) is 4.49. The van der Waals surface area contributed by atoms with Crippen LogP contribution in [0.25, 0.3) is 0 Å². The number of nitrogens with two attached hydrogens (primary N) is 1. The summed E-state index contributed by atoms with van der Waals surface area (Å²) in [5.74, 6) is 0.453. The van der Waals surface area contributed by atoms with Gasteiger partial charge in [-0.1, -0.05) is 0 Å². The molecule has 0 radical (unpaired) electrons. The molecule has 0 amide bonds. The molecule has 96 valence electrons. The van der Waals surface area contributed by atoms with Gasteiger partial charge in [0, 0.05) is 26.7 Å². The fourth-order valence-electron chi connectivity index (χ4n) is 2.07. The topological polar surface area (TPSA) is 66.6 Å². The lowest BCUT2D eigenvalue weighted by atomic mass is 10.1. The van der Waals surface area contributed by atoms with Crippen molar-refractivity contribution in [3.8, 4) is 0 Å². The third-order valence-electron chi connectivity index (χ3n) is 3.28. The van der Waals surface area contributed by atoms with Gasteiger partial charge in [-0.05, 0) is 32.9 Å². The lowest BCUT2D eigenvalue weighted by Gasteiger charge is -2.23. The molecule has 0 bridgehead atoms. The van der Waals surface area contributed by atoms with Crippen LogP contribution in [0, 0.1) is 5.92 Å². The van der Waals surface area contributed by atoms with Gasteiger partial charge >= 0.3 is 0 Å². The second-order valence-electron chi connectivity index (χ2n) is 4.79. The van der Waals surface area contributed by atoms with Gasteiger partial charge in [0.2, 0.25) is 10.0 Å². The van der Waals surface area contributed by atoms with E-state index < -0.39 is 15.3 Å². The van der Waals surface area contributed by atoms with E-state index >= 15 is 0 Å². The summed E-state index contributed by atoms with van der Waals surface area (Å²) in [5.41, 5.74) is 5.41. The van der Waals surface area contributed by atoms with E-state index in [4.69, 9.17) is 5.73 Å². The van der Waals surface area contributed by atoms with Crippen molar-refractivity contribution >= 4 is 10.0 Å². The minimum Gasteiger partial charge on any atom is -0.329 e. The van der Waals surface area contributed by atoms with E-state index in [0.29, 0.717) is 12.5 Å². The smallest absolute Gasteiger partial charge is 0.217 e. The molecule has 2 unspecified atom stereocenters. The van der Waals surface area contributed by atoms with Crippen LogP contribution in [0.5, 0.6) is 0 Å². The van der Waals surface area contributed by atoms with E-state index in [-0.39, 0.29) is 6.54 Å². The third-order valence-corrected chi connectivity index (χ3v) is 5.51. The van der Waals surface area contributed by atoms with Crippen LogP contribution in [0.4, 0.5) is 0 Å². The van der Waals surface area contributed by atoms with E-state index in [1.54, 1.807) is 14.0 Å². The summed E-state index contributed by atoms with van der Waals surface area (Å²) in [6.07, 6.45) is 1.08. The Bertz CT molecular complexity index is 318. The first-order chi connectivity index (χ1) is 7.37. The molecule has 16 heavy (non-hydrogen) atoms. The molecule has 1 rings (SSSR count). The maximum absolute atomic E-state index is 12.0.